The molecule has 6 heteroatoms. The first-order chi connectivity index (χ1) is 12.1. The Morgan fingerprint density at radius 1 is 1.28 bits per heavy atom. The van der Waals surface area contributed by atoms with Crippen LogP contribution in [0.1, 0.15) is 17.5 Å². The second-order valence-corrected chi connectivity index (χ2v) is 6.38. The van der Waals surface area contributed by atoms with Gasteiger partial charge in [-0.05, 0) is 11.6 Å². The summed E-state index contributed by atoms with van der Waals surface area (Å²) >= 11 is 0. The average Bonchev–Trinajstić information content (AvgIpc) is 2.99. The van der Waals surface area contributed by atoms with E-state index in [4.69, 9.17) is 9.57 Å². The molecule has 2 aliphatic rings. The summed E-state index contributed by atoms with van der Waals surface area (Å²) in [5, 5.41) is 4.46. The molecule has 0 bridgehead atoms. The van der Waals surface area contributed by atoms with Crippen molar-refractivity contribution in [2.75, 3.05) is 12.1 Å². The van der Waals surface area contributed by atoms with Crippen molar-refractivity contribution in [2.24, 2.45) is 0 Å². The largest absolute Gasteiger partial charge is 0.460 e. The highest BCUT2D eigenvalue weighted by Crippen LogP contribution is 2.47. The van der Waals surface area contributed by atoms with Gasteiger partial charge in [0.2, 0.25) is 0 Å². The summed E-state index contributed by atoms with van der Waals surface area (Å²) in [5.41, 5.74) is 0.322. The molecule has 0 aromatic heterocycles. The highest BCUT2D eigenvalue weighted by molar-refractivity contribution is 5.77. The van der Waals surface area contributed by atoms with E-state index in [-0.39, 0.29) is 13.0 Å². The molecule has 2 aromatic carbocycles. The van der Waals surface area contributed by atoms with E-state index >= 15 is 4.39 Å². The van der Waals surface area contributed by atoms with Gasteiger partial charge >= 0.3 is 5.97 Å². The van der Waals surface area contributed by atoms with Gasteiger partial charge in [-0.2, -0.15) is 0 Å². The molecule has 2 aliphatic heterocycles. The van der Waals surface area contributed by atoms with Crippen LogP contribution in [-0.2, 0) is 26.6 Å². The number of nitrogens with zero attached hydrogens (tertiary/aromatic N) is 1. The third-order valence-corrected chi connectivity index (χ3v) is 4.73. The van der Waals surface area contributed by atoms with Gasteiger partial charge in [-0.3, -0.25) is 20.0 Å². The van der Waals surface area contributed by atoms with Crippen LogP contribution in [0.3, 0.4) is 0 Å². The predicted molar refractivity (Wildman–Crippen MR) is 90.3 cm³/mol. The molecule has 25 heavy (non-hydrogen) atoms. The summed E-state index contributed by atoms with van der Waals surface area (Å²) in [6.07, 6.45) is -0.933. The smallest absolute Gasteiger partial charge is 0.323 e. The van der Waals surface area contributed by atoms with Gasteiger partial charge in [0.05, 0.1) is 5.69 Å². The molecule has 5 nitrogen and oxygen atoms in total. The van der Waals surface area contributed by atoms with Crippen LogP contribution < -0.4 is 10.4 Å². The van der Waals surface area contributed by atoms with Gasteiger partial charge < -0.3 is 4.74 Å². The normalized spacial score (nSPS) is 27.5. The Morgan fingerprint density at radius 3 is 2.80 bits per heavy atom. The summed E-state index contributed by atoms with van der Waals surface area (Å²) in [7, 11) is 1.72. The minimum absolute atomic E-state index is 0.0177. The van der Waals surface area contributed by atoms with E-state index in [1.165, 1.54) is 5.06 Å². The summed E-state index contributed by atoms with van der Waals surface area (Å²) in [6.45, 7) is 0.166. The number of fused-ring (bicyclic) bond motifs is 3. The first-order valence-electron chi connectivity index (χ1n) is 8.23. The van der Waals surface area contributed by atoms with E-state index in [9.17, 15) is 4.79 Å². The molecule has 2 unspecified atom stereocenters. The van der Waals surface area contributed by atoms with Crippen molar-refractivity contribution in [2.45, 2.75) is 31.0 Å². The second-order valence-electron chi connectivity index (χ2n) is 6.38. The van der Waals surface area contributed by atoms with Crippen LogP contribution >= 0.6 is 0 Å². The maximum absolute atomic E-state index is 15.7. The van der Waals surface area contributed by atoms with E-state index in [1.54, 1.807) is 25.2 Å². The molecular weight excluding hydrogens is 323 g/mol. The van der Waals surface area contributed by atoms with Crippen molar-refractivity contribution >= 4 is 11.7 Å². The molecule has 130 valence electrons. The number of halogens is 1. The fourth-order valence-corrected chi connectivity index (χ4v) is 3.44. The number of nitrogens with one attached hydrogen (secondary N) is 1. The number of hydroxylamine groups is 1. The van der Waals surface area contributed by atoms with E-state index < -0.39 is 23.9 Å². The first kappa shape index (κ1) is 16.1. The maximum atomic E-state index is 15.7. The number of ether oxygens (including phenoxy) is 1. The first-order valence-corrected chi connectivity index (χ1v) is 8.23. The monoisotopic (exact) mass is 342 g/mol. The Hall–Kier alpha value is -2.44. The van der Waals surface area contributed by atoms with Gasteiger partial charge in [-0.15, -0.1) is 0 Å². The summed E-state index contributed by atoms with van der Waals surface area (Å²) < 4.78 is 21.0. The zero-order valence-corrected chi connectivity index (χ0v) is 13.8. The van der Waals surface area contributed by atoms with Crippen molar-refractivity contribution in [3.8, 4) is 0 Å². The number of anilines is 1. The number of carbonyl (C=O) groups is 1. The third-order valence-electron chi connectivity index (χ3n) is 4.73. The zero-order chi connectivity index (χ0) is 17.4. The van der Waals surface area contributed by atoms with Crippen LogP contribution in [0.25, 0.3) is 0 Å². The zero-order valence-electron chi connectivity index (χ0n) is 13.8. The van der Waals surface area contributed by atoms with E-state index in [0.29, 0.717) is 11.3 Å². The minimum atomic E-state index is -1.76. The highest BCUT2D eigenvalue weighted by Gasteiger charge is 2.56. The van der Waals surface area contributed by atoms with Crippen LogP contribution in [-0.4, -0.2) is 25.3 Å². The van der Waals surface area contributed by atoms with Crippen molar-refractivity contribution in [3.63, 3.8) is 0 Å². The standard InChI is InChI=1S/C19H19FN2O3/c1-22-16-10-6-5-9-14(16)19(20)11-15(21-18(19)25-22)17(23)24-12-13-7-3-2-4-8-13/h2-10,15,18,21H,11-12H2,1H3/t15-,18?,19?/m1/s1. The van der Waals surface area contributed by atoms with Crippen LogP contribution in [0.2, 0.25) is 0 Å². The fourth-order valence-electron chi connectivity index (χ4n) is 3.44. The minimum Gasteiger partial charge on any atom is -0.460 e. The molecule has 0 spiro atoms. The number of alkyl halides is 1. The molecule has 3 atom stereocenters. The molecule has 1 N–H and O–H groups in total. The van der Waals surface area contributed by atoms with Crippen molar-refractivity contribution in [1.29, 1.82) is 0 Å². The molecule has 0 saturated carbocycles. The quantitative estimate of drug-likeness (QED) is 0.869. The molecule has 0 amide bonds. The number of esters is 1. The van der Waals surface area contributed by atoms with Gasteiger partial charge in [0.15, 0.2) is 11.9 Å². The Balaban J connectivity index is 1.50. The van der Waals surface area contributed by atoms with Gasteiger partial charge in [0, 0.05) is 19.0 Å². The topological polar surface area (TPSA) is 50.8 Å². The van der Waals surface area contributed by atoms with E-state index in [1.807, 2.05) is 36.4 Å². The lowest BCUT2D eigenvalue weighted by Crippen LogP contribution is -2.49. The number of hydrogen-bond acceptors (Lipinski definition) is 5. The second kappa shape index (κ2) is 6.13. The van der Waals surface area contributed by atoms with Gasteiger partial charge in [-0.25, -0.2) is 4.39 Å². The summed E-state index contributed by atoms with van der Waals surface area (Å²) in [4.78, 5) is 18.0. The molecule has 1 saturated heterocycles. The number of para-hydroxylation sites is 1. The number of rotatable bonds is 3. The summed E-state index contributed by atoms with van der Waals surface area (Å²) in [6, 6.07) is 15.8. The molecule has 0 aliphatic carbocycles. The van der Waals surface area contributed by atoms with Crippen LogP contribution in [0, 0.1) is 0 Å². The van der Waals surface area contributed by atoms with Gasteiger partial charge in [0.1, 0.15) is 12.6 Å². The predicted octanol–water partition coefficient (Wildman–Crippen LogP) is 2.66. The Bertz CT molecular complexity index is 785. The maximum Gasteiger partial charge on any atom is 0.323 e. The lowest BCUT2D eigenvalue weighted by atomic mass is 9.89. The van der Waals surface area contributed by atoms with Crippen molar-refractivity contribution < 1.29 is 18.8 Å². The van der Waals surface area contributed by atoms with Gasteiger partial charge in [-0.1, -0.05) is 48.5 Å². The molecule has 4 rings (SSSR count). The molecule has 1 fully saturated rings. The average molecular weight is 342 g/mol. The Kier molecular flexibility index (Phi) is 3.94. The lowest BCUT2D eigenvalue weighted by Gasteiger charge is -2.38. The summed E-state index contributed by atoms with van der Waals surface area (Å²) in [5.74, 6) is -0.473. The lowest BCUT2D eigenvalue weighted by molar-refractivity contribution is -0.147. The van der Waals surface area contributed by atoms with E-state index in [0.717, 1.165) is 5.56 Å². The molecule has 2 aromatic rings. The Morgan fingerprint density at radius 2 is 2.00 bits per heavy atom. The van der Waals surface area contributed by atoms with Crippen molar-refractivity contribution in [3.05, 3.63) is 65.7 Å². The molecule has 2 heterocycles. The number of benzene rings is 2. The number of hydrogen-bond donors (Lipinski definition) is 1. The van der Waals surface area contributed by atoms with Crippen LogP contribution in [0.5, 0.6) is 0 Å². The van der Waals surface area contributed by atoms with Crippen molar-refractivity contribution in [1.82, 2.24) is 5.32 Å². The fraction of sp³-hybridized carbons (Fsp3) is 0.316. The van der Waals surface area contributed by atoms with Crippen LogP contribution in [0.4, 0.5) is 10.1 Å². The van der Waals surface area contributed by atoms with Gasteiger partial charge in [0.25, 0.3) is 0 Å². The highest BCUT2D eigenvalue weighted by atomic mass is 19.1. The SMILES string of the molecule is CN1OC2N[C@@H](C(=O)OCc3ccccc3)CC2(F)c2ccccc21. The number of carbonyl (C=O) groups excluding carboxylic acids is 1. The van der Waals surface area contributed by atoms with E-state index in [2.05, 4.69) is 5.32 Å². The molecule has 0 radical (unpaired) electrons. The Labute approximate surface area is 145 Å². The third kappa shape index (κ3) is 2.77. The van der Waals surface area contributed by atoms with Crippen LogP contribution in [0.15, 0.2) is 54.6 Å². The molecular formula is C19H19FN2O3.